The summed E-state index contributed by atoms with van der Waals surface area (Å²) in [5.74, 6) is -0.256. The van der Waals surface area contributed by atoms with E-state index in [0.717, 1.165) is 16.6 Å². The fourth-order valence-electron chi connectivity index (χ4n) is 2.62. The first kappa shape index (κ1) is 15.4. The number of aromatic nitrogens is 2. The number of anilines is 1. The summed E-state index contributed by atoms with van der Waals surface area (Å²) in [6, 6.07) is 12.6. The van der Waals surface area contributed by atoms with E-state index in [-0.39, 0.29) is 18.1 Å². The maximum absolute atomic E-state index is 12.3. The van der Waals surface area contributed by atoms with E-state index >= 15 is 0 Å². The van der Waals surface area contributed by atoms with Crippen LogP contribution in [0.2, 0.25) is 5.02 Å². The van der Waals surface area contributed by atoms with E-state index in [1.807, 2.05) is 31.2 Å². The van der Waals surface area contributed by atoms with Gasteiger partial charge in [0.25, 0.3) is 0 Å². The number of imidazole rings is 1. The quantitative estimate of drug-likeness (QED) is 0.803. The molecule has 3 aromatic rings. The summed E-state index contributed by atoms with van der Waals surface area (Å²) in [6.45, 7) is 1.83. The number of halogens is 1. The van der Waals surface area contributed by atoms with Gasteiger partial charge in [-0.15, -0.1) is 0 Å². The highest BCUT2D eigenvalue weighted by molar-refractivity contribution is 6.30. The Morgan fingerprint density at radius 1 is 1.17 bits per heavy atom. The third-order valence-electron chi connectivity index (χ3n) is 3.82. The third-order valence-corrected chi connectivity index (χ3v) is 4.05. The molecule has 0 radical (unpaired) electrons. The highest BCUT2D eigenvalue weighted by atomic mass is 35.5. The van der Waals surface area contributed by atoms with Crippen LogP contribution in [0.3, 0.4) is 0 Å². The van der Waals surface area contributed by atoms with Crippen molar-refractivity contribution in [1.82, 2.24) is 9.13 Å². The second-order valence-corrected chi connectivity index (χ2v) is 5.86. The van der Waals surface area contributed by atoms with Crippen LogP contribution < -0.4 is 11.0 Å². The Balaban J connectivity index is 1.89. The summed E-state index contributed by atoms with van der Waals surface area (Å²) < 4.78 is 3.01. The molecule has 6 heteroatoms. The van der Waals surface area contributed by atoms with E-state index in [9.17, 15) is 9.59 Å². The van der Waals surface area contributed by atoms with Crippen molar-refractivity contribution in [3.05, 3.63) is 63.5 Å². The lowest BCUT2D eigenvalue weighted by Gasteiger charge is -2.09. The number of hydrogen-bond donors (Lipinski definition) is 1. The summed E-state index contributed by atoms with van der Waals surface area (Å²) in [6.07, 6.45) is 0. The highest BCUT2D eigenvalue weighted by Gasteiger charge is 2.13. The van der Waals surface area contributed by atoms with Crippen LogP contribution in [0, 0.1) is 6.92 Å². The molecule has 1 amide bonds. The van der Waals surface area contributed by atoms with Crippen LogP contribution in [0.15, 0.2) is 47.3 Å². The zero-order valence-corrected chi connectivity index (χ0v) is 13.6. The predicted molar refractivity (Wildman–Crippen MR) is 92.0 cm³/mol. The van der Waals surface area contributed by atoms with E-state index < -0.39 is 0 Å². The van der Waals surface area contributed by atoms with Crippen molar-refractivity contribution in [1.29, 1.82) is 0 Å². The fourth-order valence-corrected chi connectivity index (χ4v) is 2.84. The van der Waals surface area contributed by atoms with Gasteiger partial charge in [0.05, 0.1) is 11.0 Å². The van der Waals surface area contributed by atoms with Crippen molar-refractivity contribution < 1.29 is 4.79 Å². The van der Waals surface area contributed by atoms with Crippen LogP contribution >= 0.6 is 11.6 Å². The van der Waals surface area contributed by atoms with Crippen molar-refractivity contribution >= 4 is 34.2 Å². The molecule has 0 spiro atoms. The Morgan fingerprint density at radius 2 is 1.87 bits per heavy atom. The van der Waals surface area contributed by atoms with E-state index in [0.29, 0.717) is 10.7 Å². The lowest BCUT2D eigenvalue weighted by molar-refractivity contribution is -0.116. The van der Waals surface area contributed by atoms with Crippen LogP contribution in [-0.4, -0.2) is 15.0 Å². The number of benzene rings is 2. The molecule has 0 fully saturated rings. The third kappa shape index (κ3) is 2.87. The molecule has 1 aromatic heterocycles. The number of para-hydroxylation sites is 2. The molecule has 0 bridgehead atoms. The second kappa shape index (κ2) is 5.93. The van der Waals surface area contributed by atoms with E-state index in [1.54, 1.807) is 25.2 Å². The predicted octanol–water partition coefficient (Wildman–Crippen LogP) is 2.94. The average molecular weight is 330 g/mol. The van der Waals surface area contributed by atoms with Gasteiger partial charge in [-0.25, -0.2) is 4.79 Å². The maximum Gasteiger partial charge on any atom is 0.329 e. The van der Waals surface area contributed by atoms with Crippen molar-refractivity contribution in [2.45, 2.75) is 13.5 Å². The van der Waals surface area contributed by atoms with Crippen LogP contribution in [0.1, 0.15) is 5.56 Å². The topological polar surface area (TPSA) is 56.0 Å². The van der Waals surface area contributed by atoms with E-state index in [2.05, 4.69) is 5.32 Å². The maximum atomic E-state index is 12.3. The Bertz CT molecular complexity index is 956. The van der Waals surface area contributed by atoms with Gasteiger partial charge in [0.15, 0.2) is 0 Å². The second-order valence-electron chi connectivity index (χ2n) is 5.42. The monoisotopic (exact) mass is 329 g/mol. The lowest BCUT2D eigenvalue weighted by Crippen LogP contribution is -2.28. The SMILES string of the molecule is Cc1cc(Cl)ccc1NC(=O)Cn1c(=O)n(C)c2ccccc21. The Hall–Kier alpha value is -2.53. The molecule has 3 rings (SSSR count). The molecule has 1 N–H and O–H groups in total. The van der Waals surface area contributed by atoms with Gasteiger partial charge < -0.3 is 5.32 Å². The van der Waals surface area contributed by atoms with Crippen molar-refractivity contribution in [3.63, 3.8) is 0 Å². The lowest BCUT2D eigenvalue weighted by atomic mass is 10.2. The molecular weight excluding hydrogens is 314 g/mol. The summed E-state index contributed by atoms with van der Waals surface area (Å²) in [4.78, 5) is 24.6. The Labute approximate surface area is 138 Å². The molecule has 0 unspecified atom stereocenters. The van der Waals surface area contributed by atoms with Gasteiger partial charge in [-0.2, -0.15) is 0 Å². The normalized spacial score (nSPS) is 10.9. The molecule has 23 heavy (non-hydrogen) atoms. The number of nitrogens with zero attached hydrogens (tertiary/aromatic N) is 2. The van der Waals surface area contributed by atoms with Crippen LogP contribution in [0.5, 0.6) is 0 Å². The first-order valence-electron chi connectivity index (χ1n) is 7.17. The minimum atomic E-state index is -0.256. The first-order valence-corrected chi connectivity index (χ1v) is 7.55. The van der Waals surface area contributed by atoms with Gasteiger partial charge in [-0.3, -0.25) is 13.9 Å². The number of carbonyl (C=O) groups excluding carboxylic acids is 1. The number of carbonyl (C=O) groups is 1. The molecule has 1 heterocycles. The summed E-state index contributed by atoms with van der Waals surface area (Å²) in [7, 11) is 1.70. The van der Waals surface area contributed by atoms with Gasteiger partial charge in [0.1, 0.15) is 6.54 Å². The molecule has 0 aliphatic heterocycles. The van der Waals surface area contributed by atoms with Crippen LogP contribution in [0.25, 0.3) is 11.0 Å². The fraction of sp³-hybridized carbons (Fsp3) is 0.176. The number of nitrogens with one attached hydrogen (secondary N) is 1. The van der Waals surface area contributed by atoms with E-state index in [4.69, 9.17) is 11.6 Å². The molecular formula is C17H16ClN3O2. The standard InChI is InChI=1S/C17H16ClN3O2/c1-11-9-12(18)7-8-13(11)19-16(22)10-21-15-6-4-3-5-14(15)20(2)17(21)23/h3-9H,10H2,1-2H3,(H,19,22). The van der Waals surface area contributed by atoms with Crippen molar-refractivity contribution in [2.75, 3.05) is 5.32 Å². The number of rotatable bonds is 3. The van der Waals surface area contributed by atoms with Gasteiger partial charge in [-0.1, -0.05) is 23.7 Å². The summed E-state index contributed by atoms with van der Waals surface area (Å²) >= 11 is 5.91. The zero-order chi connectivity index (χ0) is 16.6. The molecule has 0 atom stereocenters. The molecule has 0 aliphatic carbocycles. The molecule has 118 valence electrons. The summed E-state index contributed by atoms with van der Waals surface area (Å²) in [5.41, 5.74) is 2.88. The molecule has 0 aliphatic rings. The molecule has 0 saturated carbocycles. The van der Waals surface area contributed by atoms with Gasteiger partial charge in [-0.05, 0) is 42.8 Å². The Morgan fingerprint density at radius 3 is 2.57 bits per heavy atom. The molecule has 2 aromatic carbocycles. The smallest absolute Gasteiger partial charge is 0.324 e. The number of amides is 1. The van der Waals surface area contributed by atoms with Crippen LogP contribution in [-0.2, 0) is 18.4 Å². The average Bonchev–Trinajstić information content (AvgIpc) is 2.76. The molecule has 0 saturated heterocycles. The largest absolute Gasteiger partial charge is 0.329 e. The van der Waals surface area contributed by atoms with Crippen molar-refractivity contribution in [2.24, 2.45) is 7.05 Å². The molecule has 5 nitrogen and oxygen atoms in total. The van der Waals surface area contributed by atoms with Crippen molar-refractivity contribution in [3.8, 4) is 0 Å². The van der Waals surface area contributed by atoms with Crippen LogP contribution in [0.4, 0.5) is 5.69 Å². The highest BCUT2D eigenvalue weighted by Crippen LogP contribution is 2.19. The minimum Gasteiger partial charge on any atom is -0.324 e. The first-order chi connectivity index (χ1) is 11.0. The van der Waals surface area contributed by atoms with E-state index in [1.165, 1.54) is 9.13 Å². The van der Waals surface area contributed by atoms with Gasteiger partial charge >= 0.3 is 5.69 Å². The Kier molecular flexibility index (Phi) is 3.96. The number of aryl methyl sites for hydroxylation is 2. The summed E-state index contributed by atoms with van der Waals surface area (Å²) in [5, 5.41) is 3.44. The zero-order valence-electron chi connectivity index (χ0n) is 12.8. The van der Waals surface area contributed by atoms with Gasteiger partial charge in [0.2, 0.25) is 5.91 Å². The number of hydrogen-bond acceptors (Lipinski definition) is 2. The number of fused-ring (bicyclic) bond motifs is 1. The van der Waals surface area contributed by atoms with Gasteiger partial charge in [0, 0.05) is 17.8 Å². The minimum absolute atomic E-state index is 0.0394.